The first-order valence-corrected chi connectivity index (χ1v) is 10.1. The summed E-state index contributed by atoms with van der Waals surface area (Å²) in [6.07, 6.45) is 1.47. The third kappa shape index (κ3) is 3.59. The third-order valence-corrected chi connectivity index (χ3v) is 5.92. The molecule has 2 aromatic carbocycles. The predicted octanol–water partition coefficient (Wildman–Crippen LogP) is 3.97. The molecular weight excluding hydrogens is 378 g/mol. The number of benzene rings is 2. The molecule has 1 aliphatic rings. The first-order valence-electron chi connectivity index (χ1n) is 8.64. The summed E-state index contributed by atoms with van der Waals surface area (Å²) in [4.78, 5) is 4.39. The summed E-state index contributed by atoms with van der Waals surface area (Å²) in [6, 6.07) is 13.9. The zero-order valence-corrected chi connectivity index (χ0v) is 16.2. The van der Waals surface area contributed by atoms with E-state index in [4.69, 9.17) is 9.47 Å². The second-order valence-corrected chi connectivity index (χ2v) is 8.11. The van der Waals surface area contributed by atoms with Gasteiger partial charge in [0.15, 0.2) is 11.5 Å². The van der Waals surface area contributed by atoms with Gasteiger partial charge in [0.2, 0.25) is 6.79 Å². The van der Waals surface area contributed by atoms with Gasteiger partial charge in [-0.1, -0.05) is 12.1 Å². The molecule has 1 aliphatic heterocycles. The van der Waals surface area contributed by atoms with Gasteiger partial charge in [0, 0.05) is 11.8 Å². The number of aromatic nitrogens is 1. The van der Waals surface area contributed by atoms with Gasteiger partial charge in [0.25, 0.3) is 10.0 Å². The quantitative estimate of drug-likeness (QED) is 0.677. The van der Waals surface area contributed by atoms with Gasteiger partial charge in [0.1, 0.15) is 5.82 Å². The van der Waals surface area contributed by atoms with Crippen LogP contribution in [0.3, 0.4) is 0 Å². The topological polar surface area (TPSA) is 89.5 Å². The van der Waals surface area contributed by atoms with E-state index in [1.165, 1.54) is 23.9 Å². The minimum atomic E-state index is -3.76. The molecule has 7 nitrogen and oxygen atoms in total. The zero-order chi connectivity index (χ0) is 19.7. The monoisotopic (exact) mass is 397 g/mol. The molecule has 0 unspecified atom stereocenters. The lowest BCUT2D eigenvalue weighted by molar-refractivity contribution is 0.174. The van der Waals surface area contributed by atoms with Gasteiger partial charge in [-0.3, -0.25) is 4.72 Å². The molecule has 1 aromatic heterocycles. The highest BCUT2D eigenvalue weighted by Crippen LogP contribution is 2.34. The van der Waals surface area contributed by atoms with Crippen molar-refractivity contribution in [3.8, 4) is 11.5 Å². The van der Waals surface area contributed by atoms with E-state index in [1.54, 1.807) is 18.2 Å². The maximum Gasteiger partial charge on any atom is 0.262 e. The van der Waals surface area contributed by atoms with Gasteiger partial charge in [-0.15, -0.1) is 0 Å². The van der Waals surface area contributed by atoms with Crippen LogP contribution in [0.1, 0.15) is 11.1 Å². The average molecular weight is 397 g/mol. The minimum Gasteiger partial charge on any atom is -0.454 e. The van der Waals surface area contributed by atoms with Crippen molar-refractivity contribution in [2.45, 2.75) is 18.7 Å². The molecule has 0 bridgehead atoms. The van der Waals surface area contributed by atoms with Gasteiger partial charge in [-0.2, -0.15) is 0 Å². The van der Waals surface area contributed by atoms with E-state index in [0.717, 1.165) is 11.3 Å². The SMILES string of the molecule is Cc1cccc(Nc2ccc(NS(=O)(=O)c3ccc4c(c3)OCO4)cn2)c1C. The fraction of sp³-hybridized carbons (Fsp3) is 0.150. The van der Waals surface area contributed by atoms with Crippen LogP contribution in [-0.4, -0.2) is 20.2 Å². The second kappa shape index (κ2) is 7.05. The molecule has 0 radical (unpaired) electrons. The Bertz CT molecular complexity index is 1130. The van der Waals surface area contributed by atoms with Crippen molar-refractivity contribution in [3.63, 3.8) is 0 Å². The van der Waals surface area contributed by atoms with Crippen molar-refractivity contribution in [1.82, 2.24) is 4.98 Å². The first-order chi connectivity index (χ1) is 13.4. The zero-order valence-electron chi connectivity index (χ0n) is 15.4. The van der Waals surface area contributed by atoms with Crippen molar-refractivity contribution in [2.75, 3.05) is 16.8 Å². The summed E-state index contributed by atoms with van der Waals surface area (Å²) in [5.74, 6) is 1.57. The Labute approximate surface area is 163 Å². The number of fused-ring (bicyclic) bond motifs is 1. The molecule has 0 spiro atoms. The third-order valence-electron chi connectivity index (χ3n) is 4.54. The Hall–Kier alpha value is -3.26. The first kappa shape index (κ1) is 18.1. The number of ether oxygens (including phenoxy) is 2. The highest BCUT2D eigenvalue weighted by molar-refractivity contribution is 7.92. The summed E-state index contributed by atoms with van der Waals surface area (Å²) >= 11 is 0. The number of pyridine rings is 1. The van der Waals surface area contributed by atoms with Crippen LogP contribution in [0.15, 0.2) is 59.6 Å². The minimum absolute atomic E-state index is 0.0884. The van der Waals surface area contributed by atoms with Gasteiger partial charge < -0.3 is 14.8 Å². The number of nitrogens with zero attached hydrogens (tertiary/aromatic N) is 1. The Morgan fingerprint density at radius 3 is 2.61 bits per heavy atom. The Kier molecular flexibility index (Phi) is 4.56. The van der Waals surface area contributed by atoms with Crippen molar-refractivity contribution >= 4 is 27.2 Å². The standard InChI is InChI=1S/C20H19N3O4S/c1-13-4-3-5-17(14(13)2)22-20-9-6-15(11-21-20)23-28(24,25)16-7-8-18-19(10-16)27-12-26-18/h3-11,23H,12H2,1-2H3,(H,21,22). The maximum absolute atomic E-state index is 12.6. The Morgan fingerprint density at radius 2 is 1.82 bits per heavy atom. The summed E-state index contributed by atoms with van der Waals surface area (Å²) in [5.41, 5.74) is 3.64. The highest BCUT2D eigenvalue weighted by atomic mass is 32.2. The second-order valence-electron chi connectivity index (χ2n) is 6.43. The molecule has 8 heteroatoms. The molecule has 0 saturated heterocycles. The molecule has 144 valence electrons. The highest BCUT2D eigenvalue weighted by Gasteiger charge is 2.20. The van der Waals surface area contributed by atoms with Crippen LogP contribution < -0.4 is 19.5 Å². The van der Waals surface area contributed by atoms with Crippen LogP contribution in [-0.2, 0) is 10.0 Å². The number of rotatable bonds is 5. The average Bonchev–Trinajstić information content (AvgIpc) is 3.15. The number of hydrogen-bond donors (Lipinski definition) is 2. The van der Waals surface area contributed by atoms with Crippen LogP contribution in [0, 0.1) is 13.8 Å². The van der Waals surface area contributed by atoms with E-state index in [0.29, 0.717) is 23.0 Å². The molecule has 2 heterocycles. The molecule has 0 saturated carbocycles. The van der Waals surface area contributed by atoms with Crippen LogP contribution in [0.4, 0.5) is 17.2 Å². The van der Waals surface area contributed by atoms with Crippen LogP contribution in [0.2, 0.25) is 0 Å². The molecule has 4 rings (SSSR count). The van der Waals surface area contributed by atoms with E-state index in [2.05, 4.69) is 15.0 Å². The van der Waals surface area contributed by atoms with E-state index < -0.39 is 10.0 Å². The molecule has 0 aliphatic carbocycles. The fourth-order valence-corrected chi connectivity index (χ4v) is 3.87. The number of sulfonamides is 1. The molecule has 0 amide bonds. The normalized spacial score (nSPS) is 12.6. The number of hydrogen-bond acceptors (Lipinski definition) is 6. The van der Waals surface area contributed by atoms with Gasteiger partial charge in [-0.25, -0.2) is 13.4 Å². The molecule has 3 aromatic rings. The molecule has 2 N–H and O–H groups in total. The largest absolute Gasteiger partial charge is 0.454 e. The molecular formula is C20H19N3O4S. The van der Waals surface area contributed by atoms with Crippen LogP contribution in [0.5, 0.6) is 11.5 Å². The molecule has 0 fully saturated rings. The Balaban J connectivity index is 1.50. The summed E-state index contributed by atoms with van der Waals surface area (Å²) < 4.78 is 38.2. The van der Waals surface area contributed by atoms with Gasteiger partial charge in [0.05, 0.1) is 16.8 Å². The van der Waals surface area contributed by atoms with Crippen molar-refractivity contribution in [3.05, 3.63) is 65.9 Å². The molecule has 0 atom stereocenters. The Morgan fingerprint density at radius 1 is 1.00 bits per heavy atom. The van der Waals surface area contributed by atoms with Gasteiger partial charge >= 0.3 is 0 Å². The maximum atomic E-state index is 12.6. The predicted molar refractivity (Wildman–Crippen MR) is 107 cm³/mol. The van der Waals surface area contributed by atoms with Crippen molar-refractivity contribution in [1.29, 1.82) is 0 Å². The summed E-state index contributed by atoms with van der Waals surface area (Å²) in [5, 5.41) is 3.24. The number of aryl methyl sites for hydroxylation is 1. The van der Waals surface area contributed by atoms with Crippen molar-refractivity contribution < 1.29 is 17.9 Å². The van der Waals surface area contributed by atoms with E-state index in [-0.39, 0.29) is 11.7 Å². The van der Waals surface area contributed by atoms with E-state index in [9.17, 15) is 8.42 Å². The summed E-state index contributed by atoms with van der Waals surface area (Å²) in [7, 11) is -3.76. The molecule has 28 heavy (non-hydrogen) atoms. The number of anilines is 3. The lowest BCUT2D eigenvalue weighted by Gasteiger charge is -2.12. The number of nitrogens with one attached hydrogen (secondary N) is 2. The lowest BCUT2D eigenvalue weighted by atomic mass is 10.1. The lowest BCUT2D eigenvalue weighted by Crippen LogP contribution is -2.13. The fourth-order valence-electron chi connectivity index (χ4n) is 2.81. The van der Waals surface area contributed by atoms with Crippen LogP contribution in [0.25, 0.3) is 0 Å². The van der Waals surface area contributed by atoms with Crippen LogP contribution >= 0.6 is 0 Å². The van der Waals surface area contributed by atoms with E-state index >= 15 is 0 Å². The summed E-state index contributed by atoms with van der Waals surface area (Å²) in [6.45, 7) is 4.17. The van der Waals surface area contributed by atoms with E-state index in [1.807, 2.05) is 32.0 Å². The van der Waals surface area contributed by atoms with Gasteiger partial charge in [-0.05, 0) is 55.3 Å². The smallest absolute Gasteiger partial charge is 0.262 e. The van der Waals surface area contributed by atoms with Crippen molar-refractivity contribution in [2.24, 2.45) is 0 Å².